The van der Waals surface area contributed by atoms with Crippen LogP contribution in [-0.2, 0) is 0 Å². The fourth-order valence-corrected chi connectivity index (χ4v) is 1.36. The molecule has 0 heterocycles. The van der Waals surface area contributed by atoms with Crippen molar-refractivity contribution in [3.8, 4) is 0 Å². The summed E-state index contributed by atoms with van der Waals surface area (Å²) < 4.78 is 0. The van der Waals surface area contributed by atoms with Gasteiger partial charge in [-0.3, -0.25) is 0 Å². The number of aliphatic hydroxyl groups is 1. The fourth-order valence-electron chi connectivity index (χ4n) is 1.36. The summed E-state index contributed by atoms with van der Waals surface area (Å²) in [5.41, 5.74) is 0. The quantitative estimate of drug-likeness (QED) is 0.557. The average molecular weight is 126 g/mol. The van der Waals surface area contributed by atoms with Crippen molar-refractivity contribution in [2.24, 2.45) is 11.8 Å². The molecule has 0 fully saturated rings. The molecule has 0 saturated carbocycles. The first-order chi connectivity index (χ1) is 4.33. The van der Waals surface area contributed by atoms with Crippen LogP contribution < -0.4 is 0 Å². The summed E-state index contributed by atoms with van der Waals surface area (Å²) in [5, 5.41) is 8.58. The Morgan fingerprint density at radius 3 is 2.78 bits per heavy atom. The summed E-state index contributed by atoms with van der Waals surface area (Å²) in [7, 11) is 0. The lowest BCUT2D eigenvalue weighted by atomic mass is 10.0. The van der Waals surface area contributed by atoms with Crippen LogP contribution in [0.5, 0.6) is 0 Å². The number of hydrogen-bond donors (Lipinski definition) is 1. The van der Waals surface area contributed by atoms with Crippen molar-refractivity contribution in [2.45, 2.75) is 19.8 Å². The zero-order valence-electron chi connectivity index (χ0n) is 5.88. The van der Waals surface area contributed by atoms with Gasteiger partial charge in [0, 0.05) is 6.61 Å². The van der Waals surface area contributed by atoms with E-state index in [1.54, 1.807) is 0 Å². The topological polar surface area (TPSA) is 20.2 Å². The highest BCUT2D eigenvalue weighted by molar-refractivity contribution is 4.99. The van der Waals surface area contributed by atoms with E-state index in [1.165, 1.54) is 6.42 Å². The van der Waals surface area contributed by atoms with Crippen molar-refractivity contribution in [2.75, 3.05) is 6.61 Å². The van der Waals surface area contributed by atoms with Crippen LogP contribution in [-0.4, -0.2) is 11.7 Å². The Balaban J connectivity index is 2.24. The number of hydrogen-bond acceptors (Lipinski definition) is 1. The van der Waals surface area contributed by atoms with Gasteiger partial charge < -0.3 is 5.11 Å². The molecule has 0 radical (unpaired) electrons. The molecule has 0 amide bonds. The van der Waals surface area contributed by atoms with Crippen LogP contribution in [0.4, 0.5) is 0 Å². The van der Waals surface area contributed by atoms with Crippen LogP contribution in [0.25, 0.3) is 0 Å². The van der Waals surface area contributed by atoms with Gasteiger partial charge in [0.1, 0.15) is 0 Å². The van der Waals surface area contributed by atoms with Crippen LogP contribution >= 0.6 is 0 Å². The molecule has 1 N–H and O–H groups in total. The molecule has 2 atom stereocenters. The summed E-state index contributed by atoms with van der Waals surface area (Å²) in [5.74, 6) is 1.39. The van der Waals surface area contributed by atoms with Crippen LogP contribution in [0.1, 0.15) is 19.8 Å². The Morgan fingerprint density at radius 2 is 2.33 bits per heavy atom. The molecule has 1 aliphatic rings. The monoisotopic (exact) mass is 126 g/mol. The lowest BCUT2D eigenvalue weighted by Gasteiger charge is -2.04. The van der Waals surface area contributed by atoms with Gasteiger partial charge in [-0.1, -0.05) is 19.1 Å². The molecule has 1 nitrogen and oxygen atoms in total. The Bertz CT molecular complexity index is 107. The first-order valence-corrected chi connectivity index (χ1v) is 3.62. The molecule has 0 aromatic rings. The third-order valence-electron chi connectivity index (χ3n) is 1.89. The Labute approximate surface area is 56.4 Å². The van der Waals surface area contributed by atoms with Crippen molar-refractivity contribution in [3.63, 3.8) is 0 Å². The van der Waals surface area contributed by atoms with Crippen LogP contribution in [0.2, 0.25) is 0 Å². The van der Waals surface area contributed by atoms with E-state index >= 15 is 0 Å². The molecule has 0 bridgehead atoms. The van der Waals surface area contributed by atoms with Gasteiger partial charge in [0.2, 0.25) is 0 Å². The number of rotatable bonds is 2. The molecular formula is C8H14O. The smallest absolute Gasteiger partial charge is 0.0436 e. The molecule has 1 heteroatoms. The van der Waals surface area contributed by atoms with Crippen molar-refractivity contribution in [1.29, 1.82) is 0 Å². The van der Waals surface area contributed by atoms with Crippen LogP contribution in [0.3, 0.4) is 0 Å². The normalized spacial score (nSPS) is 33.6. The van der Waals surface area contributed by atoms with Gasteiger partial charge in [-0.25, -0.2) is 0 Å². The predicted octanol–water partition coefficient (Wildman–Crippen LogP) is 1.58. The first-order valence-electron chi connectivity index (χ1n) is 3.62. The van der Waals surface area contributed by atoms with Gasteiger partial charge in [0.25, 0.3) is 0 Å². The maximum atomic E-state index is 8.58. The van der Waals surface area contributed by atoms with Gasteiger partial charge in [0.15, 0.2) is 0 Å². The molecule has 1 rings (SSSR count). The van der Waals surface area contributed by atoms with Crippen molar-refractivity contribution < 1.29 is 5.11 Å². The lowest BCUT2D eigenvalue weighted by molar-refractivity contribution is 0.266. The number of aliphatic hydroxyl groups excluding tert-OH is 1. The largest absolute Gasteiger partial charge is 0.396 e. The Morgan fingerprint density at radius 1 is 1.56 bits per heavy atom. The molecule has 0 saturated heterocycles. The predicted molar refractivity (Wildman–Crippen MR) is 38.1 cm³/mol. The summed E-state index contributed by atoms with van der Waals surface area (Å²) >= 11 is 0. The Kier molecular flexibility index (Phi) is 2.29. The van der Waals surface area contributed by atoms with E-state index < -0.39 is 0 Å². The molecule has 0 aromatic heterocycles. The zero-order chi connectivity index (χ0) is 6.69. The maximum Gasteiger partial charge on any atom is 0.0436 e. The van der Waals surface area contributed by atoms with E-state index in [0.29, 0.717) is 12.5 Å². The molecule has 0 aromatic carbocycles. The summed E-state index contributed by atoms with van der Waals surface area (Å²) in [6.45, 7) is 2.55. The van der Waals surface area contributed by atoms with E-state index in [2.05, 4.69) is 19.1 Å². The highest BCUT2D eigenvalue weighted by atomic mass is 16.3. The molecule has 0 aliphatic heterocycles. The Hall–Kier alpha value is -0.300. The second-order valence-corrected chi connectivity index (χ2v) is 2.87. The van der Waals surface area contributed by atoms with E-state index in [9.17, 15) is 0 Å². The van der Waals surface area contributed by atoms with Gasteiger partial charge in [0.05, 0.1) is 0 Å². The maximum absolute atomic E-state index is 8.58. The van der Waals surface area contributed by atoms with E-state index in [-0.39, 0.29) is 0 Å². The summed E-state index contributed by atoms with van der Waals surface area (Å²) in [4.78, 5) is 0. The number of allylic oxidation sites excluding steroid dienone is 2. The standard InChI is InChI=1S/C8H14O/c1-7-2-3-8(6-7)4-5-9/h2-3,7-9H,4-6H2,1H3. The van der Waals surface area contributed by atoms with E-state index in [4.69, 9.17) is 5.11 Å². The molecule has 0 spiro atoms. The van der Waals surface area contributed by atoms with Crippen molar-refractivity contribution in [1.82, 2.24) is 0 Å². The third kappa shape index (κ3) is 1.83. The van der Waals surface area contributed by atoms with E-state index in [0.717, 1.165) is 12.3 Å². The second kappa shape index (κ2) is 3.02. The first kappa shape index (κ1) is 6.81. The SMILES string of the molecule is CC1C=CC(CCO)C1. The van der Waals surface area contributed by atoms with Crippen LogP contribution in [0, 0.1) is 11.8 Å². The summed E-state index contributed by atoms with van der Waals surface area (Å²) in [6, 6.07) is 0. The van der Waals surface area contributed by atoms with Gasteiger partial charge >= 0.3 is 0 Å². The minimum Gasteiger partial charge on any atom is -0.396 e. The average Bonchev–Trinajstić information content (AvgIpc) is 2.17. The van der Waals surface area contributed by atoms with E-state index in [1.807, 2.05) is 0 Å². The highest BCUT2D eigenvalue weighted by Gasteiger charge is 2.13. The van der Waals surface area contributed by atoms with Crippen LogP contribution in [0.15, 0.2) is 12.2 Å². The fraction of sp³-hybridized carbons (Fsp3) is 0.750. The van der Waals surface area contributed by atoms with Gasteiger partial charge in [-0.05, 0) is 24.7 Å². The minimum atomic E-state index is 0.335. The van der Waals surface area contributed by atoms with Gasteiger partial charge in [-0.2, -0.15) is 0 Å². The highest BCUT2D eigenvalue weighted by Crippen LogP contribution is 2.24. The zero-order valence-corrected chi connectivity index (χ0v) is 5.88. The molecule has 52 valence electrons. The molecule has 1 aliphatic carbocycles. The van der Waals surface area contributed by atoms with Crippen molar-refractivity contribution in [3.05, 3.63) is 12.2 Å². The molecule has 2 unspecified atom stereocenters. The third-order valence-corrected chi connectivity index (χ3v) is 1.89. The van der Waals surface area contributed by atoms with Crippen molar-refractivity contribution >= 4 is 0 Å². The second-order valence-electron chi connectivity index (χ2n) is 2.87. The summed E-state index contributed by atoms with van der Waals surface area (Å²) in [6.07, 6.45) is 6.64. The minimum absolute atomic E-state index is 0.335. The molecular weight excluding hydrogens is 112 g/mol. The van der Waals surface area contributed by atoms with Gasteiger partial charge in [-0.15, -0.1) is 0 Å². The lowest BCUT2D eigenvalue weighted by Crippen LogP contribution is -1.97. The molecule has 9 heavy (non-hydrogen) atoms.